The van der Waals surface area contributed by atoms with E-state index in [-0.39, 0.29) is 17.0 Å². The summed E-state index contributed by atoms with van der Waals surface area (Å²) >= 11 is 3.43. The molecule has 0 unspecified atom stereocenters. The molecule has 2 aromatic rings. The van der Waals surface area contributed by atoms with E-state index in [1.807, 2.05) is 19.9 Å². The van der Waals surface area contributed by atoms with Crippen LogP contribution in [0.4, 0.5) is 10.1 Å². The standard InChI is InChI=1S/C16H15BrFNO2/c1-8-6-12(17)9(2)14(16(8)21-3)15(20)11-5-4-10(18)7-13(11)19/h4-7H,19H2,1-3H3. The molecule has 0 aliphatic carbocycles. The molecule has 0 fully saturated rings. The second-order valence-corrected chi connectivity index (χ2v) is 5.62. The van der Waals surface area contributed by atoms with Gasteiger partial charge in [-0.05, 0) is 49.2 Å². The molecule has 21 heavy (non-hydrogen) atoms. The first-order chi connectivity index (χ1) is 9.86. The zero-order chi connectivity index (χ0) is 15.7. The molecule has 0 saturated carbocycles. The van der Waals surface area contributed by atoms with E-state index in [0.29, 0.717) is 11.3 Å². The Balaban J connectivity index is 2.68. The van der Waals surface area contributed by atoms with Crippen LogP contribution in [0.3, 0.4) is 0 Å². The number of benzene rings is 2. The van der Waals surface area contributed by atoms with Crippen molar-refractivity contribution >= 4 is 27.4 Å². The van der Waals surface area contributed by atoms with Crippen LogP contribution in [0.15, 0.2) is 28.7 Å². The van der Waals surface area contributed by atoms with Gasteiger partial charge in [-0.15, -0.1) is 0 Å². The summed E-state index contributed by atoms with van der Waals surface area (Å²) < 4.78 is 19.3. The van der Waals surface area contributed by atoms with E-state index in [1.54, 1.807) is 0 Å². The van der Waals surface area contributed by atoms with Crippen LogP contribution in [0, 0.1) is 19.7 Å². The van der Waals surface area contributed by atoms with Gasteiger partial charge < -0.3 is 10.5 Å². The van der Waals surface area contributed by atoms with Gasteiger partial charge in [0.15, 0.2) is 5.78 Å². The van der Waals surface area contributed by atoms with Crippen molar-refractivity contribution in [3.63, 3.8) is 0 Å². The van der Waals surface area contributed by atoms with E-state index >= 15 is 0 Å². The number of nitrogens with two attached hydrogens (primary N) is 1. The lowest BCUT2D eigenvalue weighted by Gasteiger charge is -2.16. The number of hydrogen-bond acceptors (Lipinski definition) is 3. The van der Waals surface area contributed by atoms with E-state index in [4.69, 9.17) is 10.5 Å². The third-order valence-corrected chi connectivity index (χ3v) is 4.17. The fourth-order valence-electron chi connectivity index (χ4n) is 2.26. The molecule has 0 atom stereocenters. The van der Waals surface area contributed by atoms with Gasteiger partial charge >= 0.3 is 0 Å². The number of methoxy groups -OCH3 is 1. The minimum absolute atomic E-state index is 0.110. The number of anilines is 1. The number of carbonyl (C=O) groups excluding carboxylic acids is 1. The number of ether oxygens (including phenoxy) is 1. The van der Waals surface area contributed by atoms with Gasteiger partial charge in [0, 0.05) is 15.7 Å². The fourth-order valence-corrected chi connectivity index (χ4v) is 2.80. The van der Waals surface area contributed by atoms with Gasteiger partial charge in [-0.25, -0.2) is 4.39 Å². The summed E-state index contributed by atoms with van der Waals surface area (Å²) in [6.45, 7) is 3.67. The third kappa shape index (κ3) is 2.78. The van der Waals surface area contributed by atoms with Crippen LogP contribution in [-0.4, -0.2) is 12.9 Å². The molecule has 0 bridgehead atoms. The molecule has 0 saturated heterocycles. The lowest BCUT2D eigenvalue weighted by Crippen LogP contribution is -2.10. The molecule has 2 rings (SSSR count). The van der Waals surface area contributed by atoms with Crippen LogP contribution in [0.5, 0.6) is 5.75 Å². The molecule has 110 valence electrons. The summed E-state index contributed by atoms with van der Waals surface area (Å²) in [4.78, 5) is 12.8. The fraction of sp³-hybridized carbons (Fsp3) is 0.188. The largest absolute Gasteiger partial charge is 0.496 e. The smallest absolute Gasteiger partial charge is 0.199 e. The molecule has 0 radical (unpaired) electrons. The van der Waals surface area contributed by atoms with Gasteiger partial charge in [0.1, 0.15) is 11.6 Å². The molecular weight excluding hydrogens is 337 g/mol. The van der Waals surface area contributed by atoms with Crippen LogP contribution in [0.1, 0.15) is 27.0 Å². The predicted octanol–water partition coefficient (Wildman–Crippen LogP) is 4.03. The van der Waals surface area contributed by atoms with Gasteiger partial charge in [-0.2, -0.15) is 0 Å². The highest BCUT2D eigenvalue weighted by atomic mass is 79.9. The summed E-state index contributed by atoms with van der Waals surface area (Å²) in [7, 11) is 1.51. The Morgan fingerprint density at radius 3 is 2.52 bits per heavy atom. The normalized spacial score (nSPS) is 10.5. The van der Waals surface area contributed by atoms with Gasteiger partial charge in [-0.1, -0.05) is 15.9 Å². The first-order valence-corrected chi connectivity index (χ1v) is 7.09. The number of carbonyl (C=O) groups is 1. The molecular formula is C16H15BrFNO2. The summed E-state index contributed by atoms with van der Waals surface area (Å²) in [6, 6.07) is 5.64. The van der Waals surface area contributed by atoms with Crippen LogP contribution >= 0.6 is 15.9 Å². The first kappa shape index (κ1) is 15.5. The Hall–Kier alpha value is -1.88. The first-order valence-electron chi connectivity index (χ1n) is 6.30. The summed E-state index contributed by atoms with van der Waals surface area (Å²) in [5.41, 5.74) is 8.15. The SMILES string of the molecule is COc1c(C)cc(Br)c(C)c1C(=O)c1ccc(F)cc1N. The Morgan fingerprint density at radius 2 is 1.95 bits per heavy atom. The maximum Gasteiger partial charge on any atom is 0.199 e. The van der Waals surface area contributed by atoms with Gasteiger partial charge in [0.05, 0.1) is 12.7 Å². The van der Waals surface area contributed by atoms with Gasteiger partial charge in [-0.3, -0.25) is 4.79 Å². The number of halogens is 2. The predicted molar refractivity (Wildman–Crippen MR) is 84.4 cm³/mol. The van der Waals surface area contributed by atoms with Crippen LogP contribution in [-0.2, 0) is 0 Å². The van der Waals surface area contributed by atoms with Crippen LogP contribution < -0.4 is 10.5 Å². The topological polar surface area (TPSA) is 52.3 Å². The van der Waals surface area contributed by atoms with E-state index in [0.717, 1.165) is 21.7 Å². The molecule has 2 N–H and O–H groups in total. The van der Waals surface area contributed by atoms with Crippen LogP contribution in [0.25, 0.3) is 0 Å². The third-order valence-electron chi connectivity index (χ3n) is 3.35. The molecule has 0 amide bonds. The number of ketones is 1. The summed E-state index contributed by atoms with van der Waals surface area (Å²) in [6.07, 6.45) is 0. The number of rotatable bonds is 3. The summed E-state index contributed by atoms with van der Waals surface area (Å²) in [5, 5.41) is 0. The number of aryl methyl sites for hydroxylation is 1. The molecule has 5 heteroatoms. The van der Waals surface area contributed by atoms with Crippen LogP contribution in [0.2, 0.25) is 0 Å². The van der Waals surface area contributed by atoms with Crippen molar-refractivity contribution in [2.45, 2.75) is 13.8 Å². The highest BCUT2D eigenvalue weighted by Gasteiger charge is 2.22. The maximum absolute atomic E-state index is 13.1. The molecule has 0 aliphatic heterocycles. The Bertz CT molecular complexity index is 729. The van der Waals surface area contributed by atoms with Crippen molar-refractivity contribution in [1.82, 2.24) is 0 Å². The minimum Gasteiger partial charge on any atom is -0.496 e. The molecule has 2 aromatic carbocycles. The van der Waals surface area contributed by atoms with E-state index in [9.17, 15) is 9.18 Å². The van der Waals surface area contributed by atoms with Crippen molar-refractivity contribution in [3.8, 4) is 5.75 Å². The Morgan fingerprint density at radius 1 is 1.29 bits per heavy atom. The van der Waals surface area contributed by atoms with Crippen molar-refractivity contribution in [1.29, 1.82) is 0 Å². The van der Waals surface area contributed by atoms with Crippen molar-refractivity contribution in [3.05, 3.63) is 56.8 Å². The molecule has 3 nitrogen and oxygen atoms in total. The van der Waals surface area contributed by atoms with Crippen molar-refractivity contribution in [2.75, 3.05) is 12.8 Å². The second kappa shape index (κ2) is 5.85. The highest BCUT2D eigenvalue weighted by Crippen LogP contribution is 2.34. The van der Waals surface area contributed by atoms with Gasteiger partial charge in [0.2, 0.25) is 0 Å². The monoisotopic (exact) mass is 351 g/mol. The number of hydrogen-bond donors (Lipinski definition) is 1. The van der Waals surface area contributed by atoms with E-state index in [1.165, 1.54) is 19.2 Å². The average molecular weight is 352 g/mol. The lowest BCUT2D eigenvalue weighted by atomic mass is 9.95. The zero-order valence-corrected chi connectivity index (χ0v) is 13.5. The second-order valence-electron chi connectivity index (χ2n) is 4.77. The Kier molecular flexibility index (Phi) is 4.32. The highest BCUT2D eigenvalue weighted by molar-refractivity contribution is 9.10. The number of nitrogen functional groups attached to an aromatic ring is 1. The average Bonchev–Trinajstić information content (AvgIpc) is 2.41. The molecule has 0 heterocycles. The van der Waals surface area contributed by atoms with Gasteiger partial charge in [0.25, 0.3) is 0 Å². The van der Waals surface area contributed by atoms with E-state index in [2.05, 4.69) is 15.9 Å². The lowest BCUT2D eigenvalue weighted by molar-refractivity contribution is 0.103. The zero-order valence-electron chi connectivity index (χ0n) is 12.0. The summed E-state index contributed by atoms with van der Waals surface area (Å²) in [5.74, 6) is -0.256. The Labute approximate surface area is 131 Å². The quantitative estimate of drug-likeness (QED) is 0.670. The van der Waals surface area contributed by atoms with Crippen molar-refractivity contribution in [2.24, 2.45) is 0 Å². The van der Waals surface area contributed by atoms with E-state index < -0.39 is 5.82 Å². The maximum atomic E-state index is 13.1. The molecule has 0 aliphatic rings. The molecule has 0 spiro atoms. The minimum atomic E-state index is -0.474. The molecule has 0 aromatic heterocycles. The van der Waals surface area contributed by atoms with Crippen molar-refractivity contribution < 1.29 is 13.9 Å².